The molecule has 1 aliphatic carbocycles. The number of hydrogen-bond donors (Lipinski definition) is 1. The number of carbonyl (C=O) groups is 1. The standard InChI is InChI=1S/C15H22N2O/c1-10-7-13(10)9-17(3)15(18)11(2)12-5-4-6-14(16)8-12/h4-6,8,10-11,13H,7,9,16H2,1-3H3. The van der Waals surface area contributed by atoms with Crippen molar-refractivity contribution >= 4 is 11.6 Å². The monoisotopic (exact) mass is 246 g/mol. The molecule has 2 rings (SSSR count). The zero-order valence-electron chi connectivity index (χ0n) is 11.4. The van der Waals surface area contributed by atoms with Crippen LogP contribution in [0.1, 0.15) is 31.7 Å². The number of anilines is 1. The molecule has 0 spiro atoms. The molecule has 3 heteroatoms. The lowest BCUT2D eigenvalue weighted by Gasteiger charge is -2.22. The summed E-state index contributed by atoms with van der Waals surface area (Å²) in [4.78, 5) is 14.2. The molecule has 3 atom stereocenters. The van der Waals surface area contributed by atoms with Gasteiger partial charge in [-0.15, -0.1) is 0 Å². The van der Waals surface area contributed by atoms with Crippen LogP contribution >= 0.6 is 0 Å². The van der Waals surface area contributed by atoms with Gasteiger partial charge in [-0.2, -0.15) is 0 Å². The fourth-order valence-corrected chi connectivity index (χ4v) is 2.40. The number of likely N-dealkylation sites (N-methyl/N-ethyl adjacent to an activating group) is 1. The van der Waals surface area contributed by atoms with E-state index in [1.165, 1.54) is 6.42 Å². The van der Waals surface area contributed by atoms with E-state index in [2.05, 4.69) is 6.92 Å². The van der Waals surface area contributed by atoms with Crippen molar-refractivity contribution in [3.05, 3.63) is 29.8 Å². The van der Waals surface area contributed by atoms with Gasteiger partial charge >= 0.3 is 0 Å². The van der Waals surface area contributed by atoms with E-state index >= 15 is 0 Å². The topological polar surface area (TPSA) is 46.3 Å². The number of nitrogen functional groups attached to an aromatic ring is 1. The van der Waals surface area contributed by atoms with E-state index in [1.807, 2.05) is 43.1 Å². The van der Waals surface area contributed by atoms with Gasteiger partial charge in [-0.1, -0.05) is 19.1 Å². The summed E-state index contributed by atoms with van der Waals surface area (Å²) in [7, 11) is 1.90. The van der Waals surface area contributed by atoms with Crippen molar-refractivity contribution in [2.75, 3.05) is 19.3 Å². The lowest BCUT2D eigenvalue weighted by molar-refractivity contribution is -0.131. The van der Waals surface area contributed by atoms with E-state index in [9.17, 15) is 4.79 Å². The maximum absolute atomic E-state index is 12.3. The van der Waals surface area contributed by atoms with E-state index in [-0.39, 0.29) is 11.8 Å². The second kappa shape index (κ2) is 5.01. The predicted molar refractivity (Wildman–Crippen MR) is 74.2 cm³/mol. The molecular formula is C15H22N2O. The van der Waals surface area contributed by atoms with Crippen molar-refractivity contribution in [1.29, 1.82) is 0 Å². The molecular weight excluding hydrogens is 224 g/mol. The highest BCUT2D eigenvalue weighted by Crippen LogP contribution is 2.38. The Hall–Kier alpha value is -1.51. The van der Waals surface area contributed by atoms with Crippen LogP contribution in [0.4, 0.5) is 5.69 Å². The summed E-state index contributed by atoms with van der Waals surface area (Å²) in [6.07, 6.45) is 1.25. The molecule has 1 saturated carbocycles. The summed E-state index contributed by atoms with van der Waals surface area (Å²) < 4.78 is 0. The normalized spacial score (nSPS) is 23.5. The number of hydrogen-bond acceptors (Lipinski definition) is 2. The van der Waals surface area contributed by atoms with Gasteiger partial charge in [0.15, 0.2) is 0 Å². The van der Waals surface area contributed by atoms with Crippen LogP contribution in [0.2, 0.25) is 0 Å². The van der Waals surface area contributed by atoms with Gasteiger partial charge in [0.2, 0.25) is 5.91 Å². The molecule has 3 nitrogen and oxygen atoms in total. The summed E-state index contributed by atoms with van der Waals surface area (Å²) in [5, 5.41) is 0. The minimum atomic E-state index is -0.118. The summed E-state index contributed by atoms with van der Waals surface area (Å²) >= 11 is 0. The van der Waals surface area contributed by atoms with Gasteiger partial charge < -0.3 is 10.6 Å². The number of rotatable bonds is 4. The molecule has 3 unspecified atom stereocenters. The second-order valence-electron chi connectivity index (χ2n) is 5.58. The highest BCUT2D eigenvalue weighted by molar-refractivity contribution is 5.83. The van der Waals surface area contributed by atoms with Gasteiger partial charge in [0.1, 0.15) is 0 Å². The Labute approximate surface area is 109 Å². The van der Waals surface area contributed by atoms with Crippen molar-refractivity contribution < 1.29 is 4.79 Å². The highest BCUT2D eigenvalue weighted by atomic mass is 16.2. The first kappa shape index (κ1) is 12.9. The largest absolute Gasteiger partial charge is 0.399 e. The van der Waals surface area contributed by atoms with Crippen molar-refractivity contribution in [1.82, 2.24) is 4.90 Å². The lowest BCUT2D eigenvalue weighted by atomic mass is 9.99. The average molecular weight is 246 g/mol. The van der Waals surface area contributed by atoms with Gasteiger partial charge in [-0.3, -0.25) is 4.79 Å². The van der Waals surface area contributed by atoms with Crippen LogP contribution in [-0.4, -0.2) is 24.4 Å². The zero-order chi connectivity index (χ0) is 13.3. The van der Waals surface area contributed by atoms with E-state index in [1.54, 1.807) is 0 Å². The molecule has 98 valence electrons. The predicted octanol–water partition coefficient (Wildman–Crippen LogP) is 2.49. The van der Waals surface area contributed by atoms with Crippen LogP contribution in [0.3, 0.4) is 0 Å². The summed E-state index contributed by atoms with van der Waals surface area (Å²) in [5.41, 5.74) is 7.47. The summed E-state index contributed by atoms with van der Waals surface area (Å²) in [6, 6.07) is 7.59. The van der Waals surface area contributed by atoms with E-state index < -0.39 is 0 Å². The highest BCUT2D eigenvalue weighted by Gasteiger charge is 2.34. The molecule has 0 saturated heterocycles. The second-order valence-corrected chi connectivity index (χ2v) is 5.58. The van der Waals surface area contributed by atoms with Gasteiger partial charge in [-0.05, 0) is 42.9 Å². The zero-order valence-corrected chi connectivity index (χ0v) is 11.4. The first-order chi connectivity index (χ1) is 8.49. The maximum Gasteiger partial charge on any atom is 0.229 e. The Bertz CT molecular complexity index is 444. The molecule has 0 bridgehead atoms. The van der Waals surface area contributed by atoms with Crippen LogP contribution in [0.15, 0.2) is 24.3 Å². The fourth-order valence-electron chi connectivity index (χ4n) is 2.40. The third-order valence-corrected chi connectivity index (χ3v) is 3.94. The Morgan fingerprint density at radius 1 is 1.56 bits per heavy atom. The van der Waals surface area contributed by atoms with Crippen LogP contribution in [0, 0.1) is 11.8 Å². The van der Waals surface area contributed by atoms with E-state index in [0.29, 0.717) is 11.6 Å². The molecule has 1 aromatic carbocycles. The summed E-state index contributed by atoms with van der Waals surface area (Å²) in [5.74, 6) is 1.54. The minimum absolute atomic E-state index is 0.118. The molecule has 1 amide bonds. The third-order valence-electron chi connectivity index (χ3n) is 3.94. The number of amides is 1. The Balaban J connectivity index is 1.99. The van der Waals surface area contributed by atoms with Gasteiger partial charge in [-0.25, -0.2) is 0 Å². The number of nitrogens with zero attached hydrogens (tertiary/aromatic N) is 1. The van der Waals surface area contributed by atoms with Gasteiger partial charge in [0.25, 0.3) is 0 Å². The molecule has 18 heavy (non-hydrogen) atoms. The van der Waals surface area contributed by atoms with E-state index in [0.717, 1.165) is 18.0 Å². The van der Waals surface area contributed by atoms with Crippen LogP contribution < -0.4 is 5.73 Å². The maximum atomic E-state index is 12.3. The number of nitrogens with two attached hydrogens (primary N) is 1. The lowest BCUT2D eigenvalue weighted by Crippen LogP contribution is -2.32. The van der Waals surface area contributed by atoms with Crippen LogP contribution in [-0.2, 0) is 4.79 Å². The molecule has 1 aliphatic rings. The molecule has 0 aliphatic heterocycles. The first-order valence-electron chi connectivity index (χ1n) is 6.59. The number of carbonyl (C=O) groups excluding carboxylic acids is 1. The Morgan fingerprint density at radius 3 is 2.78 bits per heavy atom. The summed E-state index contributed by atoms with van der Waals surface area (Å²) in [6.45, 7) is 5.07. The number of benzene rings is 1. The van der Waals surface area contributed by atoms with Crippen molar-refractivity contribution in [2.24, 2.45) is 11.8 Å². The molecule has 1 aromatic rings. The molecule has 0 radical (unpaired) electrons. The molecule has 2 N–H and O–H groups in total. The molecule has 1 fully saturated rings. The Morgan fingerprint density at radius 2 is 2.22 bits per heavy atom. The van der Waals surface area contributed by atoms with E-state index in [4.69, 9.17) is 5.73 Å². The minimum Gasteiger partial charge on any atom is -0.399 e. The van der Waals surface area contributed by atoms with Crippen LogP contribution in [0.25, 0.3) is 0 Å². The first-order valence-corrected chi connectivity index (χ1v) is 6.59. The third kappa shape index (κ3) is 2.84. The van der Waals surface area contributed by atoms with Gasteiger partial charge in [0, 0.05) is 19.3 Å². The Kier molecular flexibility index (Phi) is 3.60. The van der Waals surface area contributed by atoms with Gasteiger partial charge in [0.05, 0.1) is 5.92 Å². The molecule has 0 aromatic heterocycles. The van der Waals surface area contributed by atoms with Crippen LogP contribution in [0.5, 0.6) is 0 Å². The SMILES string of the molecule is CC(C(=O)N(C)CC1CC1C)c1cccc(N)c1. The molecule has 0 heterocycles. The smallest absolute Gasteiger partial charge is 0.229 e. The average Bonchev–Trinajstić information content (AvgIpc) is 3.03. The van der Waals surface area contributed by atoms with Crippen molar-refractivity contribution in [2.45, 2.75) is 26.2 Å². The van der Waals surface area contributed by atoms with Crippen molar-refractivity contribution in [3.63, 3.8) is 0 Å². The van der Waals surface area contributed by atoms with Crippen molar-refractivity contribution in [3.8, 4) is 0 Å². The fraction of sp³-hybridized carbons (Fsp3) is 0.533. The quantitative estimate of drug-likeness (QED) is 0.830.